The maximum Gasteiger partial charge on any atom is 0.261 e. The fourth-order valence-electron chi connectivity index (χ4n) is 3.79. The molecule has 130 valence electrons. The summed E-state index contributed by atoms with van der Waals surface area (Å²) >= 11 is 17.9. The molecular formula is C16H16Cl3NO4. The zero-order chi connectivity index (χ0) is 17.5. The Morgan fingerprint density at radius 3 is 2.54 bits per heavy atom. The van der Waals surface area contributed by atoms with Gasteiger partial charge in [0.15, 0.2) is 0 Å². The number of halogens is 3. The Bertz CT molecular complexity index is 661. The van der Waals surface area contributed by atoms with Crippen molar-refractivity contribution in [2.24, 2.45) is 5.92 Å². The molecule has 0 spiro atoms. The molecule has 1 aromatic rings. The highest BCUT2D eigenvalue weighted by molar-refractivity contribution is 6.68. The number of Topliss-reactive ketones (excluding diaryl/α,β-unsaturated/α-hetero) is 1. The topological polar surface area (TPSA) is 69.4 Å². The van der Waals surface area contributed by atoms with Crippen molar-refractivity contribution >= 4 is 40.6 Å². The smallest absolute Gasteiger partial charge is 0.261 e. The van der Waals surface area contributed by atoms with Gasteiger partial charge in [0.25, 0.3) is 6.04 Å². The summed E-state index contributed by atoms with van der Waals surface area (Å²) in [6, 6.07) is 5.68. The van der Waals surface area contributed by atoms with Crippen LogP contribution in [0.2, 0.25) is 0 Å². The van der Waals surface area contributed by atoms with Gasteiger partial charge in [-0.2, -0.15) is 0 Å². The third kappa shape index (κ3) is 3.22. The average molecular weight is 393 g/mol. The number of hydrogen-bond acceptors (Lipinski definition) is 4. The fourth-order valence-corrected chi connectivity index (χ4v) is 4.31. The molecule has 0 unspecified atom stereocenters. The van der Waals surface area contributed by atoms with Crippen LogP contribution in [0.25, 0.3) is 0 Å². The molecule has 0 bridgehead atoms. The van der Waals surface area contributed by atoms with Crippen LogP contribution in [0.5, 0.6) is 5.75 Å². The number of carbonyl (C=O) groups is 1. The van der Waals surface area contributed by atoms with Crippen molar-refractivity contribution in [2.75, 3.05) is 0 Å². The van der Waals surface area contributed by atoms with Crippen molar-refractivity contribution in [1.82, 2.24) is 0 Å². The molecule has 2 aliphatic rings. The second-order valence-corrected chi connectivity index (χ2v) is 8.61. The van der Waals surface area contributed by atoms with Crippen molar-refractivity contribution < 1.29 is 14.5 Å². The zero-order valence-electron chi connectivity index (χ0n) is 12.7. The van der Waals surface area contributed by atoms with Gasteiger partial charge in [-0.05, 0) is 18.9 Å². The van der Waals surface area contributed by atoms with E-state index in [4.69, 9.17) is 39.5 Å². The summed E-state index contributed by atoms with van der Waals surface area (Å²) in [4.78, 5) is 23.8. The monoisotopic (exact) mass is 391 g/mol. The molecule has 0 amide bonds. The molecule has 0 aromatic heterocycles. The van der Waals surface area contributed by atoms with E-state index in [2.05, 4.69) is 0 Å². The maximum atomic E-state index is 12.5. The molecular weight excluding hydrogens is 377 g/mol. The highest BCUT2D eigenvalue weighted by Crippen LogP contribution is 2.49. The second-order valence-electron chi connectivity index (χ2n) is 6.24. The Morgan fingerprint density at radius 2 is 1.92 bits per heavy atom. The van der Waals surface area contributed by atoms with Crippen molar-refractivity contribution in [1.29, 1.82) is 0 Å². The molecule has 1 heterocycles. The quantitative estimate of drug-likeness (QED) is 0.427. The predicted octanol–water partition coefficient (Wildman–Crippen LogP) is 4.31. The molecule has 1 aliphatic heterocycles. The van der Waals surface area contributed by atoms with E-state index in [1.54, 1.807) is 24.3 Å². The molecule has 0 saturated heterocycles. The summed E-state index contributed by atoms with van der Waals surface area (Å²) in [5.41, 5.74) is 0.643. The van der Waals surface area contributed by atoms with Crippen LogP contribution < -0.4 is 4.74 Å². The van der Waals surface area contributed by atoms with Crippen molar-refractivity contribution in [2.45, 2.75) is 47.5 Å². The number of carbonyl (C=O) groups excluding carboxylic acids is 1. The first-order chi connectivity index (χ1) is 11.3. The van der Waals surface area contributed by atoms with Crippen LogP contribution in [0, 0.1) is 16.0 Å². The zero-order valence-corrected chi connectivity index (χ0v) is 14.9. The Balaban J connectivity index is 2.13. The fraction of sp³-hybridized carbons (Fsp3) is 0.562. The number of nitrogens with zero attached hydrogens (tertiary/aromatic N) is 1. The highest BCUT2D eigenvalue weighted by Gasteiger charge is 2.57. The number of rotatable bonds is 2. The number of alkyl halides is 3. The number of hydrogen-bond donors (Lipinski definition) is 0. The number of ether oxygens (including phenoxy) is 1. The summed E-state index contributed by atoms with van der Waals surface area (Å²) in [6.07, 6.45) is 1.46. The first-order valence-electron chi connectivity index (χ1n) is 7.79. The summed E-state index contributed by atoms with van der Waals surface area (Å²) in [6.45, 7) is 0. The highest BCUT2D eigenvalue weighted by atomic mass is 35.6. The summed E-state index contributed by atoms with van der Waals surface area (Å²) < 4.78 is 3.71. The molecule has 24 heavy (non-hydrogen) atoms. The first-order valence-corrected chi connectivity index (χ1v) is 8.92. The molecule has 1 aromatic carbocycles. The lowest BCUT2D eigenvalue weighted by Crippen LogP contribution is -2.54. The Morgan fingerprint density at radius 1 is 1.21 bits per heavy atom. The van der Waals surface area contributed by atoms with E-state index in [1.165, 1.54) is 0 Å². The molecule has 1 saturated carbocycles. The number of fused-ring (bicyclic) bond motifs is 1. The van der Waals surface area contributed by atoms with Gasteiger partial charge in [0.1, 0.15) is 11.5 Å². The minimum Gasteiger partial charge on any atom is -0.478 e. The van der Waals surface area contributed by atoms with E-state index in [-0.39, 0.29) is 5.78 Å². The molecule has 0 radical (unpaired) electrons. The molecule has 5 nitrogen and oxygen atoms in total. The lowest BCUT2D eigenvalue weighted by atomic mass is 9.70. The van der Waals surface area contributed by atoms with Gasteiger partial charge < -0.3 is 4.74 Å². The van der Waals surface area contributed by atoms with Crippen LogP contribution in [-0.2, 0) is 4.79 Å². The van der Waals surface area contributed by atoms with Gasteiger partial charge >= 0.3 is 0 Å². The van der Waals surface area contributed by atoms with Gasteiger partial charge in [-0.1, -0.05) is 59.4 Å². The van der Waals surface area contributed by atoms with Crippen LogP contribution in [0.3, 0.4) is 0 Å². The summed E-state index contributed by atoms with van der Waals surface area (Å²) in [5.74, 6) is -0.624. The minimum atomic E-state index is -1.97. The molecule has 3 rings (SSSR count). The Hall–Kier alpha value is -1.04. The number of nitro groups is 1. The van der Waals surface area contributed by atoms with Crippen LogP contribution in [0.15, 0.2) is 24.3 Å². The van der Waals surface area contributed by atoms with Gasteiger partial charge in [-0.15, -0.1) is 0 Å². The average Bonchev–Trinajstić information content (AvgIpc) is 2.52. The first kappa shape index (κ1) is 17.8. The van der Waals surface area contributed by atoms with Gasteiger partial charge in [0.2, 0.25) is 9.90 Å². The van der Waals surface area contributed by atoms with Crippen LogP contribution in [0.4, 0.5) is 0 Å². The Labute approximate surface area is 154 Å². The van der Waals surface area contributed by atoms with Crippen LogP contribution >= 0.6 is 34.8 Å². The molecule has 1 fully saturated rings. The SMILES string of the molecule is O=C1CCCC[C@@H]1[C@H]1c2ccccc2O[C@H](C(Cl)(Cl)Cl)[C@H]1[N+](=O)[O-]. The van der Waals surface area contributed by atoms with Gasteiger partial charge in [-0.3, -0.25) is 14.9 Å². The van der Waals surface area contributed by atoms with E-state index in [1.807, 2.05) is 0 Å². The predicted molar refractivity (Wildman–Crippen MR) is 91.6 cm³/mol. The Kier molecular flexibility index (Phi) is 4.96. The van der Waals surface area contributed by atoms with Crippen LogP contribution in [0.1, 0.15) is 37.2 Å². The lowest BCUT2D eigenvalue weighted by molar-refractivity contribution is -0.540. The second kappa shape index (κ2) is 6.70. The molecule has 4 atom stereocenters. The number of benzene rings is 1. The van der Waals surface area contributed by atoms with Gasteiger partial charge in [0.05, 0.1) is 5.92 Å². The third-order valence-corrected chi connectivity index (χ3v) is 5.46. The summed E-state index contributed by atoms with van der Waals surface area (Å²) in [5, 5.41) is 11.8. The van der Waals surface area contributed by atoms with Crippen LogP contribution in [-0.4, -0.2) is 26.6 Å². The molecule has 1 aliphatic carbocycles. The minimum absolute atomic E-state index is 0.0397. The van der Waals surface area contributed by atoms with Crippen molar-refractivity contribution in [3.63, 3.8) is 0 Å². The van der Waals surface area contributed by atoms with E-state index < -0.39 is 32.7 Å². The standard InChI is InChI=1S/C16H16Cl3NO4/c17-16(18,19)15-14(20(22)23)13(9-5-1-3-7-11(9)21)10-6-2-4-8-12(10)24-15/h2,4,6,8-9,13-15H,1,3,5,7H2/t9-,13-,14-,15-/m0/s1. The largest absolute Gasteiger partial charge is 0.478 e. The molecule has 0 N–H and O–H groups in total. The van der Waals surface area contributed by atoms with E-state index in [0.29, 0.717) is 24.2 Å². The van der Waals surface area contributed by atoms with Crippen molar-refractivity contribution in [3.8, 4) is 5.75 Å². The number of ketones is 1. The lowest BCUT2D eigenvalue weighted by Gasteiger charge is -2.40. The molecule has 8 heteroatoms. The number of para-hydroxylation sites is 1. The van der Waals surface area contributed by atoms with E-state index in [9.17, 15) is 14.9 Å². The van der Waals surface area contributed by atoms with Gasteiger partial charge in [-0.25, -0.2) is 0 Å². The maximum absolute atomic E-state index is 12.5. The van der Waals surface area contributed by atoms with E-state index in [0.717, 1.165) is 12.8 Å². The third-order valence-electron chi connectivity index (χ3n) is 4.81. The van der Waals surface area contributed by atoms with Crippen molar-refractivity contribution in [3.05, 3.63) is 39.9 Å². The normalized spacial score (nSPS) is 30.4. The summed E-state index contributed by atoms with van der Waals surface area (Å²) in [7, 11) is 0. The van der Waals surface area contributed by atoms with Gasteiger partial charge in [0, 0.05) is 22.8 Å². The van der Waals surface area contributed by atoms with E-state index >= 15 is 0 Å².